The summed E-state index contributed by atoms with van der Waals surface area (Å²) in [6.07, 6.45) is 1.80. The topological polar surface area (TPSA) is 96.5 Å². The molecule has 2 heterocycles. The van der Waals surface area contributed by atoms with Gasteiger partial charge in [0.15, 0.2) is 6.10 Å². The molecule has 0 saturated carbocycles. The number of methoxy groups -OCH3 is 1. The third kappa shape index (κ3) is 6.47. The summed E-state index contributed by atoms with van der Waals surface area (Å²) in [6, 6.07) is 15.3. The second-order valence-corrected chi connectivity index (χ2v) is 11.9. The molecule has 206 valence electrons. The number of carbonyl (C=O) groups is 2. The van der Waals surface area contributed by atoms with Crippen molar-refractivity contribution >= 4 is 27.6 Å². The lowest BCUT2D eigenvalue weighted by Crippen LogP contribution is -2.51. The third-order valence-electron chi connectivity index (χ3n) is 7.35. The largest absolute Gasteiger partial charge is 0.495 e. The first-order chi connectivity index (χ1) is 18.2. The van der Waals surface area contributed by atoms with Gasteiger partial charge in [0.2, 0.25) is 10.0 Å². The highest BCUT2D eigenvalue weighted by atomic mass is 32.2. The molecule has 2 aromatic rings. The molecular weight excluding hydrogens is 506 g/mol. The van der Waals surface area contributed by atoms with Crippen LogP contribution in [0.5, 0.6) is 5.75 Å². The van der Waals surface area contributed by atoms with Crippen molar-refractivity contribution in [3.8, 4) is 5.75 Å². The molecule has 0 aliphatic carbocycles. The minimum absolute atomic E-state index is 0.237. The normalized spacial score (nSPS) is 18.2. The maximum atomic E-state index is 13.6. The summed E-state index contributed by atoms with van der Waals surface area (Å²) in [5, 5.41) is 0. The molecule has 10 heteroatoms. The molecule has 9 nitrogen and oxygen atoms in total. The van der Waals surface area contributed by atoms with Crippen LogP contribution in [-0.4, -0.2) is 82.0 Å². The zero-order valence-electron chi connectivity index (χ0n) is 22.3. The predicted octanol–water partition coefficient (Wildman–Crippen LogP) is 2.94. The van der Waals surface area contributed by atoms with Crippen molar-refractivity contribution in [2.45, 2.75) is 44.1 Å². The molecule has 2 aromatic carbocycles. The SMILES string of the molecule is COc1ccc(S(=O)(=O)N2CCC(Cc3ccccc3)CC2)cc1N1CCN(C(=O)[C@H](C)OC(C)=O)CC1. The van der Waals surface area contributed by atoms with E-state index in [-0.39, 0.29) is 10.8 Å². The molecule has 4 rings (SSSR count). The molecule has 2 fully saturated rings. The highest BCUT2D eigenvalue weighted by molar-refractivity contribution is 7.89. The molecule has 0 aromatic heterocycles. The number of hydrogen-bond acceptors (Lipinski definition) is 7. The van der Waals surface area contributed by atoms with E-state index < -0.39 is 22.1 Å². The summed E-state index contributed by atoms with van der Waals surface area (Å²) in [5.74, 6) is 0.322. The summed E-state index contributed by atoms with van der Waals surface area (Å²) in [4.78, 5) is 27.7. The Labute approximate surface area is 225 Å². The highest BCUT2D eigenvalue weighted by Crippen LogP contribution is 2.34. The molecule has 0 bridgehead atoms. The van der Waals surface area contributed by atoms with E-state index in [2.05, 4.69) is 12.1 Å². The van der Waals surface area contributed by atoms with Gasteiger partial charge in [0.1, 0.15) is 5.75 Å². The van der Waals surface area contributed by atoms with Crippen LogP contribution in [0.15, 0.2) is 53.4 Å². The Morgan fingerprint density at radius 3 is 2.24 bits per heavy atom. The second-order valence-electron chi connectivity index (χ2n) is 9.93. The molecule has 2 saturated heterocycles. The van der Waals surface area contributed by atoms with Crippen molar-refractivity contribution in [2.24, 2.45) is 5.92 Å². The van der Waals surface area contributed by atoms with E-state index in [1.165, 1.54) is 12.5 Å². The molecule has 0 radical (unpaired) electrons. The van der Waals surface area contributed by atoms with Crippen molar-refractivity contribution in [3.05, 3.63) is 54.1 Å². The number of amides is 1. The zero-order valence-corrected chi connectivity index (χ0v) is 23.2. The standard InChI is InChI=1S/C28H37N3O6S/c1-21(37-22(2)32)28(33)30-17-15-29(16-18-30)26-20-25(9-10-27(26)36-3)38(34,35)31-13-11-24(12-14-31)19-23-7-5-4-6-8-23/h4-10,20-21,24H,11-19H2,1-3H3/t21-/m0/s1. The first kappa shape index (κ1) is 27.9. The number of piperazine rings is 1. The van der Waals surface area contributed by atoms with Crippen molar-refractivity contribution in [1.29, 1.82) is 0 Å². The van der Waals surface area contributed by atoms with Gasteiger partial charge in [0.25, 0.3) is 5.91 Å². The Hall–Kier alpha value is -3.11. The average molecular weight is 544 g/mol. The van der Waals surface area contributed by atoms with Crippen LogP contribution in [0, 0.1) is 5.92 Å². The smallest absolute Gasteiger partial charge is 0.303 e. The number of benzene rings is 2. The molecule has 0 spiro atoms. The number of ether oxygens (including phenoxy) is 2. The minimum atomic E-state index is -3.65. The summed E-state index contributed by atoms with van der Waals surface area (Å²) in [6.45, 7) is 5.72. The number of esters is 1. The third-order valence-corrected chi connectivity index (χ3v) is 9.25. The number of nitrogens with zero attached hydrogens (tertiary/aromatic N) is 3. The van der Waals surface area contributed by atoms with Crippen LogP contribution in [0.3, 0.4) is 0 Å². The Balaban J connectivity index is 1.41. The second kappa shape index (κ2) is 12.2. The van der Waals surface area contributed by atoms with Crippen LogP contribution in [0.2, 0.25) is 0 Å². The molecule has 0 unspecified atom stereocenters. The molecule has 1 amide bonds. The monoisotopic (exact) mass is 543 g/mol. The van der Waals surface area contributed by atoms with Crippen molar-refractivity contribution in [3.63, 3.8) is 0 Å². The molecule has 1 atom stereocenters. The zero-order chi connectivity index (χ0) is 27.3. The van der Waals surface area contributed by atoms with Crippen LogP contribution in [0.25, 0.3) is 0 Å². The van der Waals surface area contributed by atoms with Gasteiger partial charge in [-0.25, -0.2) is 8.42 Å². The number of piperidine rings is 1. The number of sulfonamides is 1. The summed E-state index contributed by atoms with van der Waals surface area (Å²) >= 11 is 0. The van der Waals surface area contributed by atoms with Gasteiger partial charge in [-0.3, -0.25) is 9.59 Å². The quantitative estimate of drug-likeness (QED) is 0.473. The van der Waals surface area contributed by atoms with Crippen LogP contribution in [0.4, 0.5) is 5.69 Å². The molecule has 0 N–H and O–H groups in total. The summed E-state index contributed by atoms with van der Waals surface area (Å²) < 4.78 is 39.3. The first-order valence-electron chi connectivity index (χ1n) is 13.1. The van der Waals surface area contributed by atoms with Crippen LogP contribution in [-0.2, 0) is 30.8 Å². The maximum Gasteiger partial charge on any atom is 0.303 e. The van der Waals surface area contributed by atoms with Gasteiger partial charge in [0, 0.05) is 46.2 Å². The molecule has 2 aliphatic rings. The van der Waals surface area contributed by atoms with Crippen LogP contribution >= 0.6 is 0 Å². The minimum Gasteiger partial charge on any atom is -0.495 e. The number of rotatable bonds is 8. The van der Waals surface area contributed by atoms with E-state index in [4.69, 9.17) is 9.47 Å². The lowest BCUT2D eigenvalue weighted by atomic mass is 9.91. The van der Waals surface area contributed by atoms with Gasteiger partial charge in [-0.05, 0) is 55.9 Å². The number of hydrogen-bond donors (Lipinski definition) is 0. The number of anilines is 1. The van der Waals surface area contributed by atoms with E-state index in [9.17, 15) is 18.0 Å². The summed E-state index contributed by atoms with van der Waals surface area (Å²) in [5.41, 5.74) is 1.98. The first-order valence-corrected chi connectivity index (χ1v) is 14.6. The highest BCUT2D eigenvalue weighted by Gasteiger charge is 2.32. The Morgan fingerprint density at radius 1 is 0.974 bits per heavy atom. The van der Waals surface area contributed by atoms with Crippen molar-refractivity contribution in [1.82, 2.24) is 9.21 Å². The van der Waals surface area contributed by atoms with Gasteiger partial charge in [-0.2, -0.15) is 4.31 Å². The fourth-order valence-electron chi connectivity index (χ4n) is 5.25. The lowest BCUT2D eigenvalue weighted by molar-refractivity contribution is -0.157. The van der Waals surface area contributed by atoms with Gasteiger partial charge >= 0.3 is 5.97 Å². The van der Waals surface area contributed by atoms with Gasteiger partial charge in [-0.1, -0.05) is 30.3 Å². The van der Waals surface area contributed by atoms with Crippen LogP contribution < -0.4 is 9.64 Å². The summed E-state index contributed by atoms with van der Waals surface area (Å²) in [7, 11) is -2.09. The Kier molecular flexibility index (Phi) is 8.94. The van der Waals surface area contributed by atoms with Crippen molar-refractivity contribution in [2.75, 3.05) is 51.3 Å². The average Bonchev–Trinajstić information content (AvgIpc) is 2.93. The number of carbonyl (C=O) groups excluding carboxylic acids is 2. The lowest BCUT2D eigenvalue weighted by Gasteiger charge is -2.37. The fraction of sp³-hybridized carbons (Fsp3) is 0.500. The van der Waals surface area contributed by atoms with Gasteiger partial charge in [0.05, 0.1) is 17.7 Å². The predicted molar refractivity (Wildman–Crippen MR) is 145 cm³/mol. The van der Waals surface area contributed by atoms with Gasteiger partial charge < -0.3 is 19.3 Å². The van der Waals surface area contributed by atoms with Crippen LogP contribution in [0.1, 0.15) is 32.3 Å². The van der Waals surface area contributed by atoms with E-state index in [1.807, 2.05) is 23.1 Å². The van der Waals surface area contributed by atoms with Gasteiger partial charge in [-0.15, -0.1) is 0 Å². The van der Waals surface area contributed by atoms with E-state index in [1.54, 1.807) is 41.4 Å². The van der Waals surface area contributed by atoms with Crippen molar-refractivity contribution < 1.29 is 27.5 Å². The Bertz CT molecular complexity index is 1220. The molecule has 2 aliphatic heterocycles. The van der Waals surface area contributed by atoms with E-state index in [0.29, 0.717) is 56.6 Å². The van der Waals surface area contributed by atoms with E-state index in [0.717, 1.165) is 19.3 Å². The molecule has 38 heavy (non-hydrogen) atoms. The molecular formula is C28H37N3O6S. The Morgan fingerprint density at radius 2 is 1.63 bits per heavy atom. The van der Waals surface area contributed by atoms with E-state index >= 15 is 0 Å². The maximum absolute atomic E-state index is 13.6. The fourth-order valence-corrected chi connectivity index (χ4v) is 6.74.